The molecule has 1 saturated carbocycles. The fraction of sp³-hybridized carbons (Fsp3) is 0.167. The Morgan fingerprint density at radius 3 is 2.05 bits per heavy atom. The van der Waals surface area contributed by atoms with Crippen LogP contribution in [-0.4, -0.2) is 6.29 Å². The van der Waals surface area contributed by atoms with E-state index in [9.17, 15) is 4.79 Å². The summed E-state index contributed by atoms with van der Waals surface area (Å²) in [5.74, 6) is 0.718. The van der Waals surface area contributed by atoms with Crippen molar-refractivity contribution in [3.05, 3.63) is 71.3 Å². The third kappa shape index (κ3) is 2.82. The van der Waals surface area contributed by atoms with Gasteiger partial charge in [-0.25, -0.2) is 0 Å². The highest BCUT2D eigenvalue weighted by atomic mass is 16.1. The summed E-state index contributed by atoms with van der Waals surface area (Å²) in [5, 5.41) is 0. The van der Waals surface area contributed by atoms with Crippen LogP contribution >= 0.6 is 0 Å². The Morgan fingerprint density at radius 2 is 1.47 bits per heavy atom. The first kappa shape index (κ1) is 11.9. The predicted molar refractivity (Wildman–Crippen MR) is 78.7 cm³/mol. The zero-order valence-corrected chi connectivity index (χ0v) is 10.7. The van der Waals surface area contributed by atoms with Crippen LogP contribution in [0.15, 0.2) is 54.6 Å². The van der Waals surface area contributed by atoms with Crippen LogP contribution in [0.4, 0.5) is 0 Å². The molecule has 2 atom stereocenters. The second-order valence-electron chi connectivity index (χ2n) is 5.05. The molecule has 1 heteroatoms. The summed E-state index contributed by atoms with van der Waals surface area (Å²) >= 11 is 0. The number of hydrogen-bond acceptors (Lipinski definition) is 1. The highest BCUT2D eigenvalue weighted by Crippen LogP contribution is 2.45. The van der Waals surface area contributed by atoms with E-state index in [1.807, 2.05) is 18.2 Å². The maximum Gasteiger partial charge on any atom is 0.123 e. The molecule has 2 unspecified atom stereocenters. The molecule has 0 heterocycles. The van der Waals surface area contributed by atoms with E-state index in [0.717, 1.165) is 12.7 Å². The first-order valence-electron chi connectivity index (χ1n) is 6.65. The van der Waals surface area contributed by atoms with Crippen molar-refractivity contribution in [1.82, 2.24) is 0 Å². The normalized spacial score (nSPS) is 21.5. The van der Waals surface area contributed by atoms with Crippen LogP contribution in [0.2, 0.25) is 0 Å². The SMILES string of the molecule is O=CC1CC1c1ccc(/C=C/c2ccccc2)cc1. The lowest BCUT2D eigenvalue weighted by Crippen LogP contribution is -1.84. The van der Waals surface area contributed by atoms with Crippen LogP contribution < -0.4 is 0 Å². The molecule has 1 nitrogen and oxygen atoms in total. The average molecular weight is 248 g/mol. The van der Waals surface area contributed by atoms with E-state index in [1.165, 1.54) is 16.7 Å². The fourth-order valence-corrected chi connectivity index (χ4v) is 2.36. The molecule has 0 radical (unpaired) electrons. The van der Waals surface area contributed by atoms with Gasteiger partial charge in [0.25, 0.3) is 0 Å². The fourth-order valence-electron chi connectivity index (χ4n) is 2.36. The van der Waals surface area contributed by atoms with E-state index in [2.05, 4.69) is 48.6 Å². The molecule has 94 valence electrons. The Morgan fingerprint density at radius 1 is 0.842 bits per heavy atom. The van der Waals surface area contributed by atoms with Gasteiger partial charge in [0.2, 0.25) is 0 Å². The first-order chi connectivity index (χ1) is 9.36. The number of carbonyl (C=O) groups is 1. The lowest BCUT2D eigenvalue weighted by Gasteiger charge is -1.99. The Bertz CT molecular complexity index is 581. The van der Waals surface area contributed by atoms with Crippen molar-refractivity contribution in [2.45, 2.75) is 12.3 Å². The third-order valence-electron chi connectivity index (χ3n) is 3.65. The van der Waals surface area contributed by atoms with Gasteiger partial charge in [0.15, 0.2) is 0 Å². The predicted octanol–water partition coefficient (Wildman–Crippen LogP) is 4.16. The van der Waals surface area contributed by atoms with Gasteiger partial charge in [-0.05, 0) is 29.0 Å². The molecule has 0 saturated heterocycles. The lowest BCUT2D eigenvalue weighted by atomic mass is 10.1. The maximum absolute atomic E-state index is 10.7. The molecule has 2 aromatic rings. The summed E-state index contributed by atoms with van der Waals surface area (Å²) in [6.45, 7) is 0. The van der Waals surface area contributed by atoms with E-state index in [-0.39, 0.29) is 5.92 Å². The van der Waals surface area contributed by atoms with Gasteiger partial charge in [0.1, 0.15) is 6.29 Å². The van der Waals surface area contributed by atoms with E-state index in [0.29, 0.717) is 5.92 Å². The summed E-state index contributed by atoms with van der Waals surface area (Å²) in [6.07, 6.45) is 6.32. The van der Waals surface area contributed by atoms with Gasteiger partial charge in [-0.2, -0.15) is 0 Å². The van der Waals surface area contributed by atoms with Crippen LogP contribution in [0.3, 0.4) is 0 Å². The van der Waals surface area contributed by atoms with Gasteiger partial charge in [0.05, 0.1) is 0 Å². The smallest absolute Gasteiger partial charge is 0.123 e. The lowest BCUT2D eigenvalue weighted by molar-refractivity contribution is -0.108. The molecule has 0 amide bonds. The largest absolute Gasteiger partial charge is 0.303 e. The van der Waals surface area contributed by atoms with Crippen molar-refractivity contribution in [3.8, 4) is 0 Å². The van der Waals surface area contributed by atoms with Crippen molar-refractivity contribution in [2.75, 3.05) is 0 Å². The number of rotatable bonds is 4. The monoisotopic (exact) mass is 248 g/mol. The summed E-state index contributed by atoms with van der Waals surface area (Å²) in [7, 11) is 0. The molecule has 1 aliphatic carbocycles. The summed E-state index contributed by atoms with van der Waals surface area (Å²) in [6, 6.07) is 18.8. The molecule has 19 heavy (non-hydrogen) atoms. The maximum atomic E-state index is 10.7. The Kier molecular flexibility index (Phi) is 3.28. The van der Waals surface area contributed by atoms with Crippen LogP contribution in [0.1, 0.15) is 29.0 Å². The molecule has 0 spiro atoms. The summed E-state index contributed by atoms with van der Waals surface area (Å²) < 4.78 is 0. The average Bonchev–Trinajstić information content (AvgIpc) is 3.26. The molecule has 0 bridgehead atoms. The molecule has 0 aliphatic heterocycles. The Labute approximate surface area is 113 Å². The highest BCUT2D eigenvalue weighted by molar-refractivity contribution is 5.69. The van der Waals surface area contributed by atoms with Gasteiger partial charge in [-0.15, -0.1) is 0 Å². The second-order valence-corrected chi connectivity index (χ2v) is 5.05. The van der Waals surface area contributed by atoms with Gasteiger partial charge in [-0.3, -0.25) is 0 Å². The van der Waals surface area contributed by atoms with Crippen molar-refractivity contribution in [1.29, 1.82) is 0 Å². The van der Waals surface area contributed by atoms with E-state index in [1.54, 1.807) is 0 Å². The number of benzene rings is 2. The molecule has 1 fully saturated rings. The van der Waals surface area contributed by atoms with Gasteiger partial charge < -0.3 is 4.79 Å². The van der Waals surface area contributed by atoms with Crippen molar-refractivity contribution < 1.29 is 4.79 Å². The van der Waals surface area contributed by atoms with Crippen molar-refractivity contribution in [3.63, 3.8) is 0 Å². The minimum absolute atomic E-state index is 0.255. The molecular weight excluding hydrogens is 232 g/mol. The number of aldehydes is 1. The third-order valence-corrected chi connectivity index (χ3v) is 3.65. The molecule has 0 N–H and O–H groups in total. The number of carbonyl (C=O) groups excluding carboxylic acids is 1. The summed E-state index contributed by atoms with van der Waals surface area (Å²) in [4.78, 5) is 10.7. The van der Waals surface area contributed by atoms with E-state index < -0.39 is 0 Å². The van der Waals surface area contributed by atoms with Crippen LogP contribution in [0.5, 0.6) is 0 Å². The zero-order valence-electron chi connectivity index (χ0n) is 10.7. The summed E-state index contributed by atoms with van der Waals surface area (Å²) in [5.41, 5.74) is 3.68. The van der Waals surface area contributed by atoms with E-state index >= 15 is 0 Å². The van der Waals surface area contributed by atoms with Gasteiger partial charge in [-0.1, -0.05) is 66.7 Å². The molecule has 2 aromatic carbocycles. The molecular formula is C18H16O. The quantitative estimate of drug-likeness (QED) is 0.586. The Balaban J connectivity index is 1.70. The van der Waals surface area contributed by atoms with Crippen molar-refractivity contribution >= 4 is 18.4 Å². The van der Waals surface area contributed by atoms with Crippen LogP contribution in [0, 0.1) is 5.92 Å². The highest BCUT2D eigenvalue weighted by Gasteiger charge is 2.37. The molecule has 1 aliphatic rings. The van der Waals surface area contributed by atoms with Gasteiger partial charge >= 0.3 is 0 Å². The van der Waals surface area contributed by atoms with Crippen molar-refractivity contribution in [2.24, 2.45) is 5.92 Å². The standard InChI is InChI=1S/C18H16O/c19-13-17-12-18(17)16-10-8-15(9-11-16)7-6-14-4-2-1-3-5-14/h1-11,13,17-18H,12H2/b7-6+. The number of hydrogen-bond donors (Lipinski definition) is 0. The second kappa shape index (κ2) is 5.23. The topological polar surface area (TPSA) is 17.1 Å². The molecule has 0 aromatic heterocycles. The van der Waals surface area contributed by atoms with Crippen LogP contribution in [0.25, 0.3) is 12.2 Å². The van der Waals surface area contributed by atoms with Gasteiger partial charge in [0, 0.05) is 5.92 Å². The van der Waals surface area contributed by atoms with Crippen LogP contribution in [-0.2, 0) is 4.79 Å². The minimum atomic E-state index is 0.255. The van der Waals surface area contributed by atoms with E-state index in [4.69, 9.17) is 0 Å². The zero-order chi connectivity index (χ0) is 13.1. The first-order valence-corrected chi connectivity index (χ1v) is 6.65. The molecule has 3 rings (SSSR count). The Hall–Kier alpha value is -2.15. The minimum Gasteiger partial charge on any atom is -0.303 e.